The molecule has 1 aliphatic rings. The highest BCUT2D eigenvalue weighted by molar-refractivity contribution is 7.98. The summed E-state index contributed by atoms with van der Waals surface area (Å²) < 4.78 is 5.75. The summed E-state index contributed by atoms with van der Waals surface area (Å²) >= 11 is 13.8. The van der Waals surface area contributed by atoms with E-state index >= 15 is 0 Å². The van der Waals surface area contributed by atoms with Gasteiger partial charge >= 0.3 is 0 Å². The lowest BCUT2D eigenvalue weighted by atomic mass is 10.2. The fourth-order valence-electron chi connectivity index (χ4n) is 2.20. The van der Waals surface area contributed by atoms with Crippen molar-refractivity contribution in [3.05, 3.63) is 40.0 Å². The predicted octanol–water partition coefficient (Wildman–Crippen LogP) is 3.89. The molecule has 1 aromatic heterocycles. The Morgan fingerprint density at radius 3 is 2.64 bits per heavy atom. The highest BCUT2D eigenvalue weighted by atomic mass is 35.5. The summed E-state index contributed by atoms with van der Waals surface area (Å²) in [6.45, 7) is 1.74. The Balaban J connectivity index is 2.10. The first kappa shape index (κ1) is 15.4. The molecule has 3 rings (SSSR count). The Morgan fingerprint density at radius 2 is 2.00 bits per heavy atom. The number of hydrogen-bond acceptors (Lipinski definition) is 5. The van der Waals surface area contributed by atoms with E-state index < -0.39 is 6.23 Å². The monoisotopic (exact) mass is 355 g/mol. The van der Waals surface area contributed by atoms with Gasteiger partial charge in [-0.1, -0.05) is 41.0 Å². The van der Waals surface area contributed by atoms with Crippen LogP contribution in [0.1, 0.15) is 17.3 Å². The number of rotatable bonds is 2. The first-order chi connectivity index (χ1) is 10.5. The molecule has 0 bridgehead atoms. The molecule has 114 valence electrons. The van der Waals surface area contributed by atoms with Gasteiger partial charge in [0.05, 0.1) is 15.7 Å². The highest BCUT2D eigenvalue weighted by Crippen LogP contribution is 2.38. The van der Waals surface area contributed by atoms with Crippen molar-refractivity contribution < 1.29 is 9.53 Å². The Labute approximate surface area is 141 Å². The second-order valence-corrected chi connectivity index (χ2v) is 6.13. The summed E-state index contributed by atoms with van der Waals surface area (Å²) in [7, 11) is 0. The lowest BCUT2D eigenvalue weighted by Gasteiger charge is -2.34. The van der Waals surface area contributed by atoms with Crippen LogP contribution in [0.25, 0.3) is 0 Å². The number of benzene rings is 1. The van der Waals surface area contributed by atoms with Crippen LogP contribution in [0.3, 0.4) is 0 Å². The highest BCUT2D eigenvalue weighted by Gasteiger charge is 2.36. The largest absolute Gasteiger partial charge is 0.453 e. The molecule has 0 fully saturated rings. The van der Waals surface area contributed by atoms with Crippen molar-refractivity contribution in [2.24, 2.45) is 0 Å². The molecule has 0 radical (unpaired) electrons. The smallest absolute Gasteiger partial charge is 0.268 e. The molecule has 0 N–H and O–H groups in total. The van der Waals surface area contributed by atoms with Crippen LogP contribution in [0.4, 0.5) is 5.69 Å². The number of halogens is 2. The molecule has 1 aliphatic heterocycles. The molecule has 0 saturated carbocycles. The number of thioether (sulfide) groups is 1. The zero-order valence-electron chi connectivity index (χ0n) is 11.7. The molecule has 8 heteroatoms. The number of hydrogen-bond donors (Lipinski definition) is 0. The Bertz CT molecular complexity index is 737. The van der Waals surface area contributed by atoms with Gasteiger partial charge in [0, 0.05) is 6.20 Å². The van der Waals surface area contributed by atoms with Crippen LogP contribution in [0, 0.1) is 0 Å². The lowest BCUT2D eigenvalue weighted by molar-refractivity contribution is 0.0865. The third-order valence-electron chi connectivity index (χ3n) is 3.19. The minimum absolute atomic E-state index is 0.274. The van der Waals surface area contributed by atoms with Crippen LogP contribution in [-0.4, -0.2) is 28.4 Å². The maximum absolute atomic E-state index is 12.8. The van der Waals surface area contributed by atoms with E-state index in [9.17, 15) is 4.79 Å². The SMILES string of the molecule is CSc1ncc2c(n1)OC(C)N(c1c(Cl)cccc1Cl)C2=O. The van der Waals surface area contributed by atoms with Gasteiger partial charge in [0.25, 0.3) is 5.91 Å². The van der Waals surface area contributed by atoms with Gasteiger partial charge in [-0.2, -0.15) is 4.98 Å². The number of amides is 1. The zero-order valence-corrected chi connectivity index (χ0v) is 14.0. The molecule has 5 nitrogen and oxygen atoms in total. The van der Waals surface area contributed by atoms with E-state index in [0.29, 0.717) is 20.9 Å². The fourth-order valence-corrected chi connectivity index (χ4v) is 3.11. The average Bonchev–Trinajstić information content (AvgIpc) is 2.49. The van der Waals surface area contributed by atoms with E-state index in [1.165, 1.54) is 22.9 Å². The summed E-state index contributed by atoms with van der Waals surface area (Å²) in [6, 6.07) is 5.06. The third kappa shape index (κ3) is 2.51. The lowest BCUT2D eigenvalue weighted by Crippen LogP contribution is -2.46. The molecule has 1 atom stereocenters. The zero-order chi connectivity index (χ0) is 15.9. The second-order valence-electron chi connectivity index (χ2n) is 4.54. The number of fused-ring (bicyclic) bond motifs is 1. The van der Waals surface area contributed by atoms with Crippen LogP contribution in [-0.2, 0) is 0 Å². The van der Waals surface area contributed by atoms with Crippen LogP contribution >= 0.6 is 35.0 Å². The Morgan fingerprint density at radius 1 is 1.32 bits per heavy atom. The summed E-state index contributed by atoms with van der Waals surface area (Å²) in [6.07, 6.45) is 2.73. The van der Waals surface area contributed by atoms with Crippen molar-refractivity contribution in [3.63, 3.8) is 0 Å². The standard InChI is InChI=1S/C14H11Cl2N3O2S/c1-7-19(11-9(15)4-3-5-10(11)16)13(20)8-6-17-14(22-2)18-12(8)21-7/h3-7H,1-2H3. The summed E-state index contributed by atoms with van der Waals surface area (Å²) in [4.78, 5) is 22.5. The van der Waals surface area contributed by atoms with Crippen molar-refractivity contribution >= 4 is 46.6 Å². The van der Waals surface area contributed by atoms with E-state index in [-0.39, 0.29) is 17.4 Å². The van der Waals surface area contributed by atoms with Gasteiger partial charge in [0.2, 0.25) is 5.88 Å². The van der Waals surface area contributed by atoms with E-state index in [2.05, 4.69) is 9.97 Å². The van der Waals surface area contributed by atoms with Crippen molar-refractivity contribution in [2.45, 2.75) is 18.3 Å². The molecule has 1 unspecified atom stereocenters. The first-order valence-electron chi connectivity index (χ1n) is 6.38. The maximum atomic E-state index is 12.8. The van der Waals surface area contributed by atoms with Gasteiger partial charge in [-0.05, 0) is 25.3 Å². The first-order valence-corrected chi connectivity index (χ1v) is 8.36. The molecular weight excluding hydrogens is 345 g/mol. The quantitative estimate of drug-likeness (QED) is 0.604. The molecule has 22 heavy (non-hydrogen) atoms. The van der Waals surface area contributed by atoms with Gasteiger partial charge < -0.3 is 4.74 Å². The normalized spacial score (nSPS) is 17.2. The summed E-state index contributed by atoms with van der Waals surface area (Å²) in [5, 5.41) is 1.30. The number of carbonyl (C=O) groups is 1. The minimum Gasteiger partial charge on any atom is -0.453 e. The Hall–Kier alpha value is -1.50. The number of ether oxygens (including phenoxy) is 1. The molecule has 0 spiro atoms. The van der Waals surface area contributed by atoms with Crippen molar-refractivity contribution in [1.29, 1.82) is 0 Å². The number of nitrogens with zero attached hydrogens (tertiary/aromatic N) is 3. The molecule has 1 amide bonds. The minimum atomic E-state index is -0.581. The van der Waals surface area contributed by atoms with Gasteiger partial charge in [-0.3, -0.25) is 9.69 Å². The number of aromatic nitrogens is 2. The second kappa shape index (κ2) is 5.95. The van der Waals surface area contributed by atoms with E-state index in [1.54, 1.807) is 25.1 Å². The number of anilines is 1. The van der Waals surface area contributed by atoms with E-state index in [4.69, 9.17) is 27.9 Å². The van der Waals surface area contributed by atoms with Gasteiger partial charge in [0.1, 0.15) is 5.56 Å². The molecule has 2 aromatic rings. The summed E-state index contributed by atoms with van der Waals surface area (Å²) in [5.41, 5.74) is 0.704. The summed E-state index contributed by atoms with van der Waals surface area (Å²) in [5.74, 6) is -0.0207. The van der Waals surface area contributed by atoms with E-state index in [0.717, 1.165) is 0 Å². The van der Waals surface area contributed by atoms with Crippen molar-refractivity contribution in [3.8, 4) is 5.88 Å². The van der Waals surface area contributed by atoms with Gasteiger partial charge in [0.15, 0.2) is 11.4 Å². The van der Waals surface area contributed by atoms with Gasteiger partial charge in [-0.15, -0.1) is 0 Å². The molecule has 1 aromatic carbocycles. The third-order valence-corrected chi connectivity index (χ3v) is 4.36. The van der Waals surface area contributed by atoms with Crippen LogP contribution in [0.5, 0.6) is 5.88 Å². The van der Waals surface area contributed by atoms with Gasteiger partial charge in [-0.25, -0.2) is 4.98 Å². The topological polar surface area (TPSA) is 55.3 Å². The number of carbonyl (C=O) groups excluding carboxylic acids is 1. The van der Waals surface area contributed by atoms with Crippen molar-refractivity contribution in [1.82, 2.24) is 9.97 Å². The molecule has 0 aliphatic carbocycles. The maximum Gasteiger partial charge on any atom is 0.268 e. The van der Waals surface area contributed by atoms with Crippen LogP contribution < -0.4 is 9.64 Å². The molecule has 2 heterocycles. The average molecular weight is 356 g/mol. The molecule has 0 saturated heterocycles. The van der Waals surface area contributed by atoms with Crippen LogP contribution in [0.15, 0.2) is 29.6 Å². The van der Waals surface area contributed by atoms with Crippen molar-refractivity contribution in [2.75, 3.05) is 11.2 Å². The van der Waals surface area contributed by atoms with Crippen LogP contribution in [0.2, 0.25) is 10.0 Å². The predicted molar refractivity (Wildman–Crippen MR) is 87.2 cm³/mol. The molecular formula is C14H11Cl2N3O2S. The van der Waals surface area contributed by atoms with E-state index in [1.807, 2.05) is 6.26 Å². The Kier molecular flexibility index (Phi) is 4.16. The fraction of sp³-hybridized carbons (Fsp3) is 0.214. The number of para-hydroxylation sites is 1.